The number of nitrogens with zero attached hydrogens (tertiary/aromatic N) is 2. The summed E-state index contributed by atoms with van der Waals surface area (Å²) in [4.78, 5) is 12.7. The number of sulfonamides is 1. The van der Waals surface area contributed by atoms with E-state index in [0.717, 1.165) is 10.6 Å². The molecule has 1 atom stereocenters. The zero-order valence-electron chi connectivity index (χ0n) is 16.1. The molecule has 3 aromatic carbocycles. The number of amides is 2. The van der Waals surface area contributed by atoms with Gasteiger partial charge in [0.2, 0.25) is 0 Å². The Hall–Kier alpha value is -3.23. The van der Waals surface area contributed by atoms with Crippen LogP contribution >= 0.6 is 11.6 Å². The van der Waals surface area contributed by atoms with Gasteiger partial charge in [0.25, 0.3) is 10.0 Å². The maximum atomic E-state index is 13.4. The van der Waals surface area contributed by atoms with Gasteiger partial charge in [-0.2, -0.15) is 5.10 Å². The van der Waals surface area contributed by atoms with Gasteiger partial charge >= 0.3 is 6.03 Å². The molecule has 1 unspecified atom stereocenters. The number of hydrogen-bond donors (Lipinski definition) is 1. The number of nitrogens with one attached hydrogen (secondary N) is 1. The minimum atomic E-state index is -4.10. The Labute approximate surface area is 184 Å². The molecule has 0 aliphatic carbocycles. The summed E-state index contributed by atoms with van der Waals surface area (Å²) in [7, 11) is -4.10. The lowest BCUT2D eigenvalue weighted by molar-refractivity contribution is 0.210. The van der Waals surface area contributed by atoms with Crippen molar-refractivity contribution in [1.29, 1.82) is 0 Å². The Morgan fingerprint density at radius 3 is 2.29 bits per heavy atom. The molecule has 4 rings (SSSR count). The van der Waals surface area contributed by atoms with Crippen molar-refractivity contribution in [3.05, 3.63) is 101 Å². The van der Waals surface area contributed by atoms with Crippen LogP contribution in [0.15, 0.2) is 88.9 Å². The van der Waals surface area contributed by atoms with Gasteiger partial charge in [-0.25, -0.2) is 27.3 Å². The number of hydrazone groups is 1. The number of urea groups is 1. The van der Waals surface area contributed by atoms with Crippen LogP contribution < -0.4 is 4.72 Å². The average Bonchev–Trinajstić information content (AvgIpc) is 3.21. The number of rotatable bonds is 4. The summed E-state index contributed by atoms with van der Waals surface area (Å²) in [6.07, 6.45) is 0. The topological polar surface area (TPSA) is 78.8 Å². The summed E-state index contributed by atoms with van der Waals surface area (Å²) in [6, 6.07) is 19.8. The quantitative estimate of drug-likeness (QED) is 0.631. The molecular formula is C22H17ClFN3O3S. The molecule has 31 heavy (non-hydrogen) atoms. The van der Waals surface area contributed by atoms with Crippen molar-refractivity contribution in [1.82, 2.24) is 9.73 Å². The number of carbonyl (C=O) groups excluding carboxylic acids is 1. The van der Waals surface area contributed by atoms with Crippen LogP contribution in [0.4, 0.5) is 9.18 Å². The van der Waals surface area contributed by atoms with Crippen molar-refractivity contribution in [2.75, 3.05) is 6.54 Å². The van der Waals surface area contributed by atoms with Gasteiger partial charge in [0.05, 0.1) is 17.2 Å². The number of hydrogen-bond acceptors (Lipinski definition) is 4. The van der Waals surface area contributed by atoms with Gasteiger partial charge in [-0.15, -0.1) is 0 Å². The second-order valence-corrected chi connectivity index (χ2v) is 9.02. The summed E-state index contributed by atoms with van der Waals surface area (Å²) in [5.41, 5.74) is 2.10. The third kappa shape index (κ3) is 4.60. The molecule has 0 saturated heterocycles. The summed E-state index contributed by atoms with van der Waals surface area (Å²) >= 11 is 5.80. The maximum absolute atomic E-state index is 13.4. The van der Waals surface area contributed by atoms with Crippen molar-refractivity contribution in [2.45, 2.75) is 10.8 Å². The molecule has 2 amide bonds. The summed E-state index contributed by atoms with van der Waals surface area (Å²) in [5, 5.41) is 5.82. The highest BCUT2D eigenvalue weighted by Crippen LogP contribution is 2.29. The van der Waals surface area contributed by atoms with E-state index in [-0.39, 0.29) is 23.2 Å². The number of benzene rings is 3. The van der Waals surface area contributed by atoms with Gasteiger partial charge in [0, 0.05) is 10.9 Å². The normalized spacial score (nSPS) is 16.1. The molecule has 0 saturated carbocycles. The molecule has 158 valence electrons. The highest BCUT2D eigenvalue weighted by molar-refractivity contribution is 7.90. The minimum absolute atomic E-state index is 0.0909. The molecule has 0 fully saturated rings. The molecule has 1 N–H and O–H groups in total. The van der Waals surface area contributed by atoms with Crippen LogP contribution in [0.2, 0.25) is 5.02 Å². The van der Waals surface area contributed by atoms with Crippen LogP contribution in [-0.4, -0.2) is 31.7 Å². The zero-order valence-corrected chi connectivity index (χ0v) is 17.6. The fourth-order valence-electron chi connectivity index (χ4n) is 3.30. The molecule has 6 nitrogen and oxygen atoms in total. The van der Waals surface area contributed by atoms with Crippen molar-refractivity contribution in [2.24, 2.45) is 5.10 Å². The zero-order chi connectivity index (χ0) is 22.0. The lowest BCUT2D eigenvalue weighted by atomic mass is 9.91. The van der Waals surface area contributed by atoms with Crippen molar-refractivity contribution in [3.63, 3.8) is 0 Å². The van der Waals surface area contributed by atoms with E-state index in [4.69, 9.17) is 11.6 Å². The van der Waals surface area contributed by atoms with E-state index in [2.05, 4.69) is 5.10 Å². The van der Waals surface area contributed by atoms with E-state index in [1.165, 1.54) is 36.4 Å². The highest BCUT2D eigenvalue weighted by Gasteiger charge is 2.33. The Bertz CT molecular complexity index is 1230. The van der Waals surface area contributed by atoms with Crippen LogP contribution in [0.3, 0.4) is 0 Å². The Morgan fingerprint density at radius 1 is 1.00 bits per heavy atom. The fraction of sp³-hybridized carbons (Fsp3) is 0.0909. The monoisotopic (exact) mass is 457 g/mol. The van der Waals surface area contributed by atoms with E-state index in [9.17, 15) is 17.6 Å². The van der Waals surface area contributed by atoms with Crippen LogP contribution in [-0.2, 0) is 10.0 Å². The second-order valence-electron chi connectivity index (χ2n) is 6.90. The number of carbonyl (C=O) groups is 1. The predicted molar refractivity (Wildman–Crippen MR) is 116 cm³/mol. The van der Waals surface area contributed by atoms with Crippen molar-refractivity contribution >= 4 is 33.4 Å². The first-order valence-corrected chi connectivity index (χ1v) is 11.2. The molecule has 0 radical (unpaired) electrons. The molecule has 3 aromatic rings. The molecule has 0 bridgehead atoms. The van der Waals surface area contributed by atoms with E-state index in [1.807, 2.05) is 35.1 Å². The molecule has 1 heterocycles. The van der Waals surface area contributed by atoms with Crippen LogP contribution in [0.25, 0.3) is 0 Å². The first kappa shape index (κ1) is 21.0. The Kier molecular flexibility index (Phi) is 5.75. The molecule has 0 aromatic heterocycles. The van der Waals surface area contributed by atoms with Crippen LogP contribution in [0.5, 0.6) is 0 Å². The molecule has 9 heteroatoms. The van der Waals surface area contributed by atoms with Crippen LogP contribution in [0.1, 0.15) is 17.0 Å². The first-order chi connectivity index (χ1) is 14.8. The Balaban J connectivity index is 1.62. The van der Waals surface area contributed by atoms with E-state index >= 15 is 0 Å². The third-order valence-electron chi connectivity index (χ3n) is 4.84. The van der Waals surface area contributed by atoms with Gasteiger partial charge in [-0.1, -0.05) is 54.1 Å². The molecular weight excluding hydrogens is 441 g/mol. The fourth-order valence-corrected chi connectivity index (χ4v) is 4.37. The second kappa shape index (κ2) is 8.49. The maximum Gasteiger partial charge on any atom is 0.351 e. The van der Waals surface area contributed by atoms with Gasteiger partial charge < -0.3 is 0 Å². The summed E-state index contributed by atoms with van der Waals surface area (Å²) in [5.74, 6) is -0.682. The molecule has 1 aliphatic heterocycles. The first-order valence-electron chi connectivity index (χ1n) is 9.33. The van der Waals surface area contributed by atoms with E-state index < -0.39 is 16.1 Å². The van der Waals surface area contributed by atoms with Crippen molar-refractivity contribution in [3.8, 4) is 0 Å². The predicted octanol–water partition coefficient (Wildman–Crippen LogP) is 4.38. The Morgan fingerprint density at radius 2 is 1.65 bits per heavy atom. The van der Waals surface area contributed by atoms with Crippen molar-refractivity contribution < 1.29 is 17.6 Å². The third-order valence-corrected chi connectivity index (χ3v) is 6.42. The summed E-state index contributed by atoms with van der Waals surface area (Å²) < 4.78 is 40.5. The lowest BCUT2D eigenvalue weighted by Gasteiger charge is -2.16. The highest BCUT2D eigenvalue weighted by atomic mass is 35.5. The SMILES string of the molecule is O=C(NS(=O)(=O)c1ccc(Cl)cc1)N1CC(c2ccccc2)C(c2ccc(F)cc2)=N1. The molecule has 1 aliphatic rings. The largest absolute Gasteiger partial charge is 0.351 e. The standard InChI is InChI=1S/C22H17ClFN3O3S/c23-17-8-12-19(13-9-17)31(29,30)26-22(28)27-14-20(15-4-2-1-3-5-15)21(25-27)16-6-10-18(24)11-7-16/h1-13,20H,14H2,(H,26,28). The lowest BCUT2D eigenvalue weighted by Crippen LogP contribution is -2.39. The van der Waals surface area contributed by atoms with Gasteiger partial charge in [-0.3, -0.25) is 0 Å². The van der Waals surface area contributed by atoms with Gasteiger partial charge in [-0.05, 0) is 47.5 Å². The van der Waals surface area contributed by atoms with Crippen LogP contribution in [0, 0.1) is 5.82 Å². The number of halogens is 2. The minimum Gasteiger partial charge on any atom is -0.246 e. The smallest absolute Gasteiger partial charge is 0.246 e. The van der Waals surface area contributed by atoms with Gasteiger partial charge in [0.1, 0.15) is 5.82 Å². The van der Waals surface area contributed by atoms with Gasteiger partial charge in [0.15, 0.2) is 0 Å². The van der Waals surface area contributed by atoms with E-state index in [1.54, 1.807) is 12.1 Å². The summed E-state index contributed by atoms with van der Waals surface area (Å²) in [6.45, 7) is 0.138. The average molecular weight is 458 g/mol. The van der Waals surface area contributed by atoms with E-state index in [0.29, 0.717) is 16.3 Å². The molecule has 0 spiro atoms.